The van der Waals surface area contributed by atoms with Gasteiger partial charge < -0.3 is 30.7 Å². The number of benzene rings is 2. The van der Waals surface area contributed by atoms with Gasteiger partial charge in [-0.25, -0.2) is 14.4 Å². The lowest BCUT2D eigenvalue weighted by molar-refractivity contribution is -0.136. The van der Waals surface area contributed by atoms with Crippen LogP contribution in [-0.2, 0) is 27.3 Å². The van der Waals surface area contributed by atoms with Crippen LogP contribution >= 0.6 is 0 Å². The number of rotatable bonds is 12. The number of ether oxygens (including phenoxy) is 2. The summed E-state index contributed by atoms with van der Waals surface area (Å²) < 4.78 is 26.7. The second-order valence-corrected chi connectivity index (χ2v) is 16.0. The summed E-state index contributed by atoms with van der Waals surface area (Å²) in [5.74, 6) is -2.64. The predicted molar refractivity (Wildman–Crippen MR) is 219 cm³/mol. The van der Waals surface area contributed by atoms with E-state index < -0.39 is 41.4 Å². The average molecular weight is 827 g/mol. The van der Waals surface area contributed by atoms with Crippen LogP contribution in [0.2, 0.25) is 0 Å². The largest absolute Gasteiger partial charge is 0.495 e. The number of fused-ring (bicyclic) bond motifs is 1. The van der Waals surface area contributed by atoms with Crippen molar-refractivity contribution in [1.82, 2.24) is 30.0 Å². The summed E-state index contributed by atoms with van der Waals surface area (Å²) in [5, 5.41) is 8.93. The highest BCUT2D eigenvalue weighted by molar-refractivity contribution is 6.23. The van der Waals surface area contributed by atoms with E-state index in [2.05, 4.69) is 35.6 Å². The van der Waals surface area contributed by atoms with Crippen LogP contribution in [0.4, 0.5) is 27.4 Å². The SMILES string of the molecule is CCc1nc(C(N)=O)c(Nc2ccc(N3CCC(N4CCN(Cc5cc(F)c6c(c5)C(=O)N(C5CCC(=O)NC5=O)C6=O)CC4)CC3)c(OC)c2)nc1NC1CCOCC1. The minimum atomic E-state index is -1.15. The average Bonchev–Trinajstić information content (AvgIpc) is 3.50. The molecular weight excluding hydrogens is 776 g/mol. The number of piperazine rings is 1. The summed E-state index contributed by atoms with van der Waals surface area (Å²) in [4.78, 5) is 80.2. The van der Waals surface area contributed by atoms with Crippen LogP contribution in [0, 0.1) is 5.82 Å². The van der Waals surface area contributed by atoms with Gasteiger partial charge in [0.1, 0.15) is 17.6 Å². The lowest BCUT2D eigenvalue weighted by Gasteiger charge is -2.43. The third-order valence-electron chi connectivity index (χ3n) is 12.2. The van der Waals surface area contributed by atoms with E-state index >= 15 is 4.39 Å². The fourth-order valence-corrected chi connectivity index (χ4v) is 8.99. The first-order chi connectivity index (χ1) is 29.0. The number of imide groups is 2. The molecule has 2 aromatic carbocycles. The van der Waals surface area contributed by atoms with Crippen molar-refractivity contribution in [2.45, 2.75) is 76.5 Å². The molecule has 1 aromatic heterocycles. The standard InChI is InChI=1S/C42H51FN10O7/c1-3-30-38(45-25-10-18-60-19-11-25)49-39(36(47-30)37(44)55)46-26-4-5-31(33(22-26)59-2)52-12-8-27(9-13-52)51-16-14-50(15-17-51)23-24-20-28-35(29(43)21-24)42(58)53(41(28)57)32-6-7-34(54)48-40(32)56/h4-5,20-22,25,27,32H,3,6-19,23H2,1-2H3,(H2,44,55)(H2,45,46,49)(H,48,54,56). The topological polar surface area (TPSA) is 205 Å². The van der Waals surface area contributed by atoms with Crippen molar-refractivity contribution >= 4 is 52.5 Å². The number of anilines is 4. The van der Waals surface area contributed by atoms with Crippen LogP contribution in [0.5, 0.6) is 5.75 Å². The maximum absolute atomic E-state index is 15.4. The Balaban J connectivity index is 0.859. The van der Waals surface area contributed by atoms with Gasteiger partial charge >= 0.3 is 0 Å². The Labute approximate surface area is 347 Å². The number of hydrogen-bond donors (Lipinski definition) is 4. The Morgan fingerprint density at radius 1 is 0.950 bits per heavy atom. The van der Waals surface area contributed by atoms with E-state index in [1.165, 1.54) is 6.07 Å². The van der Waals surface area contributed by atoms with Crippen LogP contribution in [0.3, 0.4) is 0 Å². The molecule has 60 heavy (non-hydrogen) atoms. The number of nitrogens with two attached hydrogens (primary N) is 1. The molecule has 17 nitrogen and oxygen atoms in total. The molecule has 5 N–H and O–H groups in total. The molecule has 1 atom stereocenters. The van der Waals surface area contributed by atoms with E-state index in [-0.39, 0.29) is 41.5 Å². The molecule has 8 rings (SSSR count). The molecule has 5 aliphatic heterocycles. The maximum atomic E-state index is 15.4. The molecule has 5 amide bonds. The maximum Gasteiger partial charge on any atom is 0.271 e. The first kappa shape index (κ1) is 41.0. The van der Waals surface area contributed by atoms with Crippen LogP contribution in [-0.4, -0.2) is 132 Å². The number of aromatic nitrogens is 2. The fourth-order valence-electron chi connectivity index (χ4n) is 8.99. The van der Waals surface area contributed by atoms with E-state index in [0.717, 1.165) is 75.5 Å². The molecule has 4 fully saturated rings. The lowest BCUT2D eigenvalue weighted by Crippen LogP contribution is -2.54. The van der Waals surface area contributed by atoms with Gasteiger partial charge in [-0.15, -0.1) is 0 Å². The summed E-state index contributed by atoms with van der Waals surface area (Å²) in [6.45, 7) is 8.59. The van der Waals surface area contributed by atoms with Crippen molar-refractivity contribution in [2.24, 2.45) is 5.73 Å². The van der Waals surface area contributed by atoms with Gasteiger partial charge in [-0.1, -0.05) is 6.92 Å². The normalized spacial score (nSPS) is 20.9. The van der Waals surface area contributed by atoms with Crippen LogP contribution in [0.15, 0.2) is 30.3 Å². The highest BCUT2D eigenvalue weighted by Gasteiger charge is 2.46. The Morgan fingerprint density at radius 2 is 1.70 bits per heavy atom. The highest BCUT2D eigenvalue weighted by Crippen LogP contribution is 2.36. The molecule has 5 aliphatic rings. The summed E-state index contributed by atoms with van der Waals surface area (Å²) in [6, 6.07) is 8.14. The van der Waals surface area contributed by atoms with Crippen molar-refractivity contribution in [3.05, 3.63) is 64.2 Å². The zero-order chi connectivity index (χ0) is 42.1. The van der Waals surface area contributed by atoms with Gasteiger partial charge in [0.15, 0.2) is 17.3 Å². The quantitative estimate of drug-likeness (QED) is 0.194. The van der Waals surface area contributed by atoms with Gasteiger partial charge in [0, 0.05) is 89.3 Å². The summed E-state index contributed by atoms with van der Waals surface area (Å²) in [6.07, 6.45) is 4.22. The van der Waals surface area contributed by atoms with Crippen molar-refractivity contribution in [3.8, 4) is 5.75 Å². The van der Waals surface area contributed by atoms with Gasteiger partial charge in [-0.2, -0.15) is 0 Å². The first-order valence-electron chi connectivity index (χ1n) is 20.8. The van der Waals surface area contributed by atoms with Crippen LogP contribution in [0.1, 0.15) is 87.9 Å². The third kappa shape index (κ3) is 8.35. The minimum Gasteiger partial charge on any atom is -0.495 e. The number of primary amides is 1. The second kappa shape index (κ2) is 17.5. The molecule has 0 aliphatic carbocycles. The molecule has 0 radical (unpaired) electrons. The number of hydrogen-bond acceptors (Lipinski definition) is 14. The van der Waals surface area contributed by atoms with Gasteiger partial charge in [0.05, 0.1) is 29.6 Å². The van der Waals surface area contributed by atoms with Gasteiger partial charge in [-0.05, 0) is 68.4 Å². The Hall–Kier alpha value is -5.72. The van der Waals surface area contributed by atoms with Crippen molar-refractivity contribution in [3.63, 3.8) is 0 Å². The van der Waals surface area contributed by atoms with E-state index in [1.807, 2.05) is 25.1 Å². The van der Waals surface area contributed by atoms with Crippen LogP contribution < -0.4 is 31.3 Å². The van der Waals surface area contributed by atoms with Gasteiger partial charge in [0.25, 0.3) is 17.7 Å². The van der Waals surface area contributed by atoms with E-state index in [1.54, 1.807) is 13.2 Å². The zero-order valence-corrected chi connectivity index (χ0v) is 33.9. The number of amides is 5. The monoisotopic (exact) mass is 826 g/mol. The summed E-state index contributed by atoms with van der Waals surface area (Å²) in [7, 11) is 1.64. The van der Waals surface area contributed by atoms with Crippen molar-refractivity contribution in [1.29, 1.82) is 0 Å². The highest BCUT2D eigenvalue weighted by atomic mass is 19.1. The Morgan fingerprint density at radius 3 is 2.38 bits per heavy atom. The van der Waals surface area contributed by atoms with Crippen molar-refractivity contribution < 1.29 is 37.8 Å². The molecular formula is C42H51FN10O7. The smallest absolute Gasteiger partial charge is 0.271 e. The van der Waals surface area contributed by atoms with Crippen LogP contribution in [0.25, 0.3) is 0 Å². The minimum absolute atomic E-state index is 0.00538. The van der Waals surface area contributed by atoms with E-state index in [9.17, 15) is 24.0 Å². The molecule has 0 bridgehead atoms. The predicted octanol–water partition coefficient (Wildman–Crippen LogP) is 2.81. The number of piperidine rings is 2. The Kier molecular flexibility index (Phi) is 12.0. The molecule has 4 saturated heterocycles. The van der Waals surface area contributed by atoms with E-state index in [0.29, 0.717) is 60.7 Å². The molecule has 3 aromatic rings. The molecule has 18 heteroatoms. The Bertz CT molecular complexity index is 2180. The van der Waals surface area contributed by atoms with Crippen molar-refractivity contribution in [2.75, 3.05) is 75.1 Å². The second-order valence-electron chi connectivity index (χ2n) is 16.0. The zero-order valence-electron chi connectivity index (χ0n) is 33.9. The lowest BCUT2D eigenvalue weighted by atomic mass is 10.0. The fraction of sp³-hybridized carbons (Fsp3) is 0.500. The number of aryl methyl sites for hydroxylation is 1. The number of carbonyl (C=O) groups excluding carboxylic acids is 5. The van der Waals surface area contributed by atoms with Gasteiger partial charge in [0.2, 0.25) is 11.8 Å². The molecule has 0 spiro atoms. The molecule has 0 saturated carbocycles. The number of methoxy groups -OCH3 is 1. The number of nitrogens with zero attached hydrogens (tertiary/aromatic N) is 6. The van der Waals surface area contributed by atoms with Gasteiger partial charge in [-0.3, -0.25) is 44.0 Å². The first-order valence-corrected chi connectivity index (χ1v) is 20.8. The molecule has 318 valence electrons. The number of carbonyl (C=O) groups is 5. The third-order valence-corrected chi connectivity index (χ3v) is 12.2. The number of nitrogens with one attached hydrogen (secondary N) is 3. The summed E-state index contributed by atoms with van der Waals surface area (Å²) >= 11 is 0. The van der Waals surface area contributed by atoms with E-state index in [4.69, 9.17) is 20.2 Å². The molecule has 1 unspecified atom stereocenters. The molecule has 6 heterocycles. The summed E-state index contributed by atoms with van der Waals surface area (Å²) in [5.41, 5.74) is 8.36. The number of halogens is 1.